The molecule has 96 valence electrons. The fraction of sp³-hybridized carbons (Fsp3) is 0.643. The molecular formula is C14H23BrN2. The lowest BCUT2D eigenvalue weighted by Gasteiger charge is -2.18. The van der Waals surface area contributed by atoms with Crippen LogP contribution < -0.4 is 5.32 Å². The predicted octanol–water partition coefficient (Wildman–Crippen LogP) is 3.80. The Morgan fingerprint density at radius 3 is 2.76 bits per heavy atom. The summed E-state index contributed by atoms with van der Waals surface area (Å²) in [5, 5.41) is 3.54. The van der Waals surface area contributed by atoms with Crippen molar-refractivity contribution in [3.8, 4) is 0 Å². The Hall–Kier alpha value is -0.410. The zero-order valence-electron chi connectivity index (χ0n) is 11.0. The molecule has 3 heteroatoms. The average Bonchev–Trinajstić information content (AvgIpc) is 2.26. The molecule has 2 nitrogen and oxygen atoms in total. The van der Waals surface area contributed by atoms with Crippen LogP contribution >= 0.6 is 15.9 Å². The van der Waals surface area contributed by atoms with E-state index in [0.717, 1.165) is 17.4 Å². The largest absolute Gasteiger partial charge is 0.314 e. The van der Waals surface area contributed by atoms with Crippen LogP contribution in [0.1, 0.15) is 39.2 Å². The van der Waals surface area contributed by atoms with Crippen LogP contribution in [0.4, 0.5) is 0 Å². The fourth-order valence-electron chi connectivity index (χ4n) is 2.13. The van der Waals surface area contributed by atoms with Crippen molar-refractivity contribution in [1.29, 1.82) is 0 Å². The molecule has 1 N–H and O–H groups in total. The van der Waals surface area contributed by atoms with Gasteiger partial charge in [-0.25, -0.2) is 0 Å². The van der Waals surface area contributed by atoms with E-state index in [4.69, 9.17) is 0 Å². The third-order valence-corrected chi connectivity index (χ3v) is 3.28. The molecule has 0 saturated carbocycles. The number of hydrogen-bond donors (Lipinski definition) is 1. The lowest BCUT2D eigenvalue weighted by molar-refractivity contribution is 0.419. The van der Waals surface area contributed by atoms with E-state index >= 15 is 0 Å². The van der Waals surface area contributed by atoms with Crippen LogP contribution in [0.25, 0.3) is 0 Å². The second-order valence-corrected chi connectivity index (χ2v) is 5.83. The van der Waals surface area contributed by atoms with Gasteiger partial charge in [0.2, 0.25) is 0 Å². The smallest absolute Gasteiger partial charge is 0.0410 e. The standard InChI is InChI=1S/C14H23BrN2/c1-4-5-17-12(3)6-11(2)7-13-8-14(15)10-16-9-13/h8-12,17H,4-7H2,1-3H3. The van der Waals surface area contributed by atoms with Crippen LogP contribution in [0.15, 0.2) is 22.9 Å². The molecule has 0 bridgehead atoms. The first-order valence-electron chi connectivity index (χ1n) is 6.44. The third-order valence-electron chi connectivity index (χ3n) is 2.84. The van der Waals surface area contributed by atoms with Gasteiger partial charge in [-0.2, -0.15) is 0 Å². The van der Waals surface area contributed by atoms with Gasteiger partial charge in [-0.15, -0.1) is 0 Å². The van der Waals surface area contributed by atoms with Gasteiger partial charge in [-0.3, -0.25) is 4.98 Å². The zero-order valence-corrected chi connectivity index (χ0v) is 12.6. The highest BCUT2D eigenvalue weighted by Gasteiger charge is 2.09. The summed E-state index contributed by atoms with van der Waals surface area (Å²) in [5.41, 5.74) is 1.31. The van der Waals surface area contributed by atoms with Crippen molar-refractivity contribution in [3.63, 3.8) is 0 Å². The zero-order chi connectivity index (χ0) is 12.7. The molecule has 1 heterocycles. The van der Waals surface area contributed by atoms with E-state index in [1.165, 1.54) is 18.4 Å². The van der Waals surface area contributed by atoms with Crippen LogP contribution in [0.5, 0.6) is 0 Å². The monoisotopic (exact) mass is 298 g/mol. The maximum Gasteiger partial charge on any atom is 0.0410 e. The normalized spacial score (nSPS) is 14.6. The molecule has 17 heavy (non-hydrogen) atoms. The SMILES string of the molecule is CCCNC(C)CC(C)Cc1cncc(Br)c1. The highest BCUT2D eigenvalue weighted by molar-refractivity contribution is 9.10. The van der Waals surface area contributed by atoms with E-state index in [9.17, 15) is 0 Å². The molecule has 1 rings (SSSR count). The van der Waals surface area contributed by atoms with Crippen molar-refractivity contribution in [1.82, 2.24) is 10.3 Å². The molecule has 2 atom stereocenters. The highest BCUT2D eigenvalue weighted by atomic mass is 79.9. The Balaban J connectivity index is 2.36. The molecule has 2 unspecified atom stereocenters. The van der Waals surface area contributed by atoms with Gasteiger partial charge in [0.05, 0.1) is 0 Å². The van der Waals surface area contributed by atoms with Crippen molar-refractivity contribution in [3.05, 3.63) is 28.5 Å². The molecular weight excluding hydrogens is 276 g/mol. The Bertz CT molecular complexity index is 328. The number of nitrogens with one attached hydrogen (secondary N) is 1. The number of rotatable bonds is 7. The lowest BCUT2D eigenvalue weighted by atomic mass is 9.96. The average molecular weight is 299 g/mol. The van der Waals surface area contributed by atoms with Gasteiger partial charge in [-0.05, 0) is 66.2 Å². The summed E-state index contributed by atoms with van der Waals surface area (Å²) in [6, 6.07) is 2.76. The molecule has 0 aromatic carbocycles. The second kappa shape index (κ2) is 7.83. The van der Waals surface area contributed by atoms with E-state index in [2.05, 4.69) is 53.1 Å². The number of aromatic nitrogens is 1. The molecule has 0 aliphatic carbocycles. The first kappa shape index (κ1) is 14.7. The number of halogens is 1. The van der Waals surface area contributed by atoms with E-state index in [0.29, 0.717) is 12.0 Å². The Kier molecular flexibility index (Phi) is 6.75. The Morgan fingerprint density at radius 2 is 2.12 bits per heavy atom. The number of pyridine rings is 1. The summed E-state index contributed by atoms with van der Waals surface area (Å²) in [7, 11) is 0. The minimum Gasteiger partial charge on any atom is -0.314 e. The molecule has 1 aromatic heterocycles. The van der Waals surface area contributed by atoms with Crippen LogP contribution in [0, 0.1) is 5.92 Å². The summed E-state index contributed by atoms with van der Waals surface area (Å²) in [6.45, 7) is 7.90. The Morgan fingerprint density at radius 1 is 1.35 bits per heavy atom. The summed E-state index contributed by atoms with van der Waals surface area (Å²) >= 11 is 3.46. The van der Waals surface area contributed by atoms with Crippen LogP contribution in [-0.4, -0.2) is 17.6 Å². The highest BCUT2D eigenvalue weighted by Crippen LogP contribution is 2.16. The van der Waals surface area contributed by atoms with Crippen molar-refractivity contribution in [2.45, 2.75) is 46.1 Å². The van der Waals surface area contributed by atoms with E-state index in [1.807, 2.05) is 12.4 Å². The van der Waals surface area contributed by atoms with Crippen molar-refractivity contribution >= 4 is 15.9 Å². The van der Waals surface area contributed by atoms with Gasteiger partial charge in [0, 0.05) is 22.9 Å². The van der Waals surface area contributed by atoms with E-state index < -0.39 is 0 Å². The second-order valence-electron chi connectivity index (χ2n) is 4.91. The van der Waals surface area contributed by atoms with Crippen molar-refractivity contribution in [2.24, 2.45) is 5.92 Å². The maximum atomic E-state index is 4.20. The molecule has 0 saturated heterocycles. The number of hydrogen-bond acceptors (Lipinski definition) is 2. The predicted molar refractivity (Wildman–Crippen MR) is 77.2 cm³/mol. The molecule has 0 aliphatic rings. The lowest BCUT2D eigenvalue weighted by Crippen LogP contribution is -2.28. The summed E-state index contributed by atoms with van der Waals surface area (Å²) < 4.78 is 1.07. The van der Waals surface area contributed by atoms with Gasteiger partial charge < -0.3 is 5.32 Å². The maximum absolute atomic E-state index is 4.20. The van der Waals surface area contributed by atoms with Crippen molar-refractivity contribution < 1.29 is 0 Å². The molecule has 0 radical (unpaired) electrons. The molecule has 0 fully saturated rings. The quantitative estimate of drug-likeness (QED) is 0.828. The van der Waals surface area contributed by atoms with E-state index in [-0.39, 0.29) is 0 Å². The molecule has 1 aromatic rings. The summed E-state index contributed by atoms with van der Waals surface area (Å²) in [4.78, 5) is 4.20. The fourth-order valence-corrected chi connectivity index (χ4v) is 2.54. The number of nitrogens with zero attached hydrogens (tertiary/aromatic N) is 1. The molecule has 0 spiro atoms. The van der Waals surface area contributed by atoms with Crippen molar-refractivity contribution in [2.75, 3.05) is 6.54 Å². The van der Waals surface area contributed by atoms with Gasteiger partial charge >= 0.3 is 0 Å². The third kappa shape index (κ3) is 6.18. The van der Waals surface area contributed by atoms with Crippen LogP contribution in [-0.2, 0) is 6.42 Å². The molecule has 0 amide bonds. The summed E-state index contributed by atoms with van der Waals surface area (Å²) in [5.74, 6) is 0.686. The minimum absolute atomic E-state index is 0.602. The van der Waals surface area contributed by atoms with Gasteiger partial charge in [0.15, 0.2) is 0 Å². The first-order valence-corrected chi connectivity index (χ1v) is 7.24. The van der Waals surface area contributed by atoms with Gasteiger partial charge in [0.1, 0.15) is 0 Å². The first-order chi connectivity index (χ1) is 8.11. The van der Waals surface area contributed by atoms with Crippen LogP contribution in [0.2, 0.25) is 0 Å². The van der Waals surface area contributed by atoms with Crippen LogP contribution in [0.3, 0.4) is 0 Å². The minimum atomic E-state index is 0.602. The van der Waals surface area contributed by atoms with Gasteiger partial charge in [-0.1, -0.05) is 13.8 Å². The van der Waals surface area contributed by atoms with Gasteiger partial charge in [0.25, 0.3) is 0 Å². The topological polar surface area (TPSA) is 24.9 Å². The molecule has 0 aliphatic heterocycles. The Labute approximate surface area is 113 Å². The van der Waals surface area contributed by atoms with E-state index in [1.54, 1.807) is 0 Å². The summed E-state index contributed by atoms with van der Waals surface area (Å²) in [6.07, 6.45) is 7.32.